The number of benzene rings is 2. The molecule has 2 aromatic carbocycles. The molecular weight excluding hydrogens is 337 g/mol. The van der Waals surface area contributed by atoms with E-state index in [1.54, 1.807) is 12.1 Å². The summed E-state index contributed by atoms with van der Waals surface area (Å²) in [5.41, 5.74) is 1.36. The van der Waals surface area contributed by atoms with Crippen molar-refractivity contribution in [1.29, 1.82) is 0 Å². The Bertz CT molecular complexity index is 725. The summed E-state index contributed by atoms with van der Waals surface area (Å²) in [6.45, 7) is 0.562. The zero-order chi connectivity index (χ0) is 16.4. The van der Waals surface area contributed by atoms with Gasteiger partial charge in [0.25, 0.3) is 5.91 Å². The first kappa shape index (κ1) is 16.0. The molecule has 0 unspecified atom stereocenters. The number of hydrogen-bond donors (Lipinski definition) is 1. The smallest absolute Gasteiger partial charge is 0.251 e. The van der Waals surface area contributed by atoms with Crippen molar-refractivity contribution >= 4 is 29.1 Å². The van der Waals surface area contributed by atoms with Crippen molar-refractivity contribution in [2.45, 2.75) is 12.5 Å². The van der Waals surface area contributed by atoms with Gasteiger partial charge in [-0.3, -0.25) is 4.79 Å². The maximum absolute atomic E-state index is 12.5. The Balaban J connectivity index is 1.83. The summed E-state index contributed by atoms with van der Waals surface area (Å²) in [7, 11) is 1.48. The van der Waals surface area contributed by atoms with Gasteiger partial charge in [0, 0.05) is 17.5 Å². The minimum atomic E-state index is -0.238. The van der Waals surface area contributed by atoms with Crippen molar-refractivity contribution in [3.63, 3.8) is 0 Å². The molecule has 3 rings (SSSR count). The molecule has 0 fully saturated rings. The maximum atomic E-state index is 12.5. The van der Waals surface area contributed by atoms with E-state index < -0.39 is 0 Å². The molecule has 0 saturated heterocycles. The van der Waals surface area contributed by atoms with E-state index in [0.29, 0.717) is 34.4 Å². The Labute approximate surface area is 144 Å². The highest BCUT2D eigenvalue weighted by Gasteiger charge is 2.23. The van der Waals surface area contributed by atoms with Crippen LogP contribution in [0.2, 0.25) is 10.0 Å². The number of halogens is 2. The van der Waals surface area contributed by atoms with Crippen molar-refractivity contribution in [2.24, 2.45) is 0 Å². The van der Waals surface area contributed by atoms with Crippen LogP contribution >= 0.6 is 23.2 Å². The van der Waals surface area contributed by atoms with Crippen LogP contribution in [-0.2, 0) is 0 Å². The van der Waals surface area contributed by atoms with Crippen LogP contribution in [-0.4, -0.2) is 19.6 Å². The average molecular weight is 352 g/mol. The monoisotopic (exact) mass is 351 g/mol. The number of amides is 1. The van der Waals surface area contributed by atoms with E-state index in [1.165, 1.54) is 7.11 Å². The lowest BCUT2D eigenvalue weighted by molar-refractivity contribution is 0.0925. The largest absolute Gasteiger partial charge is 0.494 e. The van der Waals surface area contributed by atoms with Crippen LogP contribution < -0.4 is 14.8 Å². The highest BCUT2D eigenvalue weighted by molar-refractivity contribution is 6.37. The van der Waals surface area contributed by atoms with Crippen LogP contribution in [0, 0.1) is 0 Å². The highest BCUT2D eigenvalue weighted by Crippen LogP contribution is 2.35. The summed E-state index contributed by atoms with van der Waals surface area (Å²) in [5, 5.41) is 3.61. The number of methoxy groups -OCH3 is 1. The normalized spacial score (nSPS) is 16.2. The Hall–Kier alpha value is -1.91. The minimum absolute atomic E-state index is 0.105. The van der Waals surface area contributed by atoms with E-state index in [9.17, 15) is 4.79 Å². The number of fused-ring (bicyclic) bond motifs is 1. The van der Waals surface area contributed by atoms with Crippen LogP contribution in [0.25, 0.3) is 0 Å². The third-order valence-electron chi connectivity index (χ3n) is 3.73. The number of nitrogens with one attached hydrogen (secondary N) is 1. The number of para-hydroxylation sites is 1. The van der Waals surface area contributed by atoms with Gasteiger partial charge < -0.3 is 14.8 Å². The van der Waals surface area contributed by atoms with Crippen LogP contribution in [0.4, 0.5) is 0 Å². The molecule has 1 aliphatic rings. The average Bonchev–Trinajstić information content (AvgIpc) is 2.55. The summed E-state index contributed by atoms with van der Waals surface area (Å²) in [6.07, 6.45) is 0.709. The first-order valence-electron chi connectivity index (χ1n) is 7.15. The van der Waals surface area contributed by atoms with Crippen LogP contribution in [0.5, 0.6) is 11.5 Å². The van der Waals surface area contributed by atoms with Crippen molar-refractivity contribution in [3.8, 4) is 11.5 Å². The van der Waals surface area contributed by atoms with Crippen LogP contribution in [0.3, 0.4) is 0 Å². The Morgan fingerprint density at radius 2 is 1.96 bits per heavy atom. The molecule has 23 heavy (non-hydrogen) atoms. The summed E-state index contributed by atoms with van der Waals surface area (Å²) in [4.78, 5) is 12.5. The lowest BCUT2D eigenvalue weighted by atomic mass is 10.00. The van der Waals surface area contributed by atoms with Gasteiger partial charge in [0.15, 0.2) is 5.75 Å². The molecule has 1 heterocycles. The maximum Gasteiger partial charge on any atom is 0.251 e. The number of rotatable bonds is 3. The summed E-state index contributed by atoms with van der Waals surface area (Å²) >= 11 is 12.2. The number of carbonyl (C=O) groups excluding carboxylic acids is 1. The molecule has 0 radical (unpaired) electrons. The van der Waals surface area contributed by atoms with E-state index >= 15 is 0 Å². The highest BCUT2D eigenvalue weighted by atomic mass is 35.5. The number of hydrogen-bond acceptors (Lipinski definition) is 3. The minimum Gasteiger partial charge on any atom is -0.494 e. The standard InChI is InChI=1S/C17H15Cl2NO3/c1-22-16-12(18)8-10(9-13(16)19)17(21)20-14-6-7-23-15-5-3-2-4-11(14)15/h2-5,8-9,14H,6-7H2,1H3,(H,20,21)/t14-/m0/s1. The molecule has 0 aliphatic carbocycles. The topological polar surface area (TPSA) is 47.6 Å². The summed E-state index contributed by atoms with van der Waals surface area (Å²) < 4.78 is 10.7. The quantitative estimate of drug-likeness (QED) is 0.898. The van der Waals surface area contributed by atoms with E-state index in [-0.39, 0.29) is 11.9 Å². The first-order chi connectivity index (χ1) is 11.1. The van der Waals surface area contributed by atoms with E-state index in [2.05, 4.69) is 5.32 Å². The molecule has 1 amide bonds. The molecule has 0 bridgehead atoms. The fraction of sp³-hybridized carbons (Fsp3) is 0.235. The zero-order valence-corrected chi connectivity index (χ0v) is 13.9. The van der Waals surface area contributed by atoms with Gasteiger partial charge in [-0.25, -0.2) is 0 Å². The molecule has 1 N–H and O–H groups in total. The molecule has 4 nitrogen and oxygen atoms in total. The second-order valence-corrected chi connectivity index (χ2v) is 5.99. The van der Waals surface area contributed by atoms with E-state index in [4.69, 9.17) is 32.7 Å². The molecule has 0 saturated carbocycles. The van der Waals surface area contributed by atoms with Crippen molar-refractivity contribution in [2.75, 3.05) is 13.7 Å². The summed E-state index contributed by atoms with van der Waals surface area (Å²) in [6, 6.07) is 10.7. The molecular formula is C17H15Cl2NO3. The van der Waals surface area contributed by atoms with Crippen molar-refractivity contribution < 1.29 is 14.3 Å². The molecule has 1 atom stereocenters. The van der Waals surface area contributed by atoms with Gasteiger partial charge in [0.1, 0.15) is 5.75 Å². The molecule has 0 spiro atoms. The Morgan fingerprint density at radius 3 is 2.65 bits per heavy atom. The Morgan fingerprint density at radius 1 is 1.26 bits per heavy atom. The van der Waals surface area contributed by atoms with Gasteiger partial charge in [-0.15, -0.1) is 0 Å². The van der Waals surface area contributed by atoms with Crippen molar-refractivity contribution in [1.82, 2.24) is 5.32 Å². The second-order valence-electron chi connectivity index (χ2n) is 5.17. The van der Waals surface area contributed by atoms with Gasteiger partial charge in [-0.05, 0) is 18.2 Å². The third kappa shape index (κ3) is 3.23. The lowest BCUT2D eigenvalue weighted by Crippen LogP contribution is -2.32. The molecule has 2 aromatic rings. The third-order valence-corrected chi connectivity index (χ3v) is 4.29. The molecule has 6 heteroatoms. The number of carbonyl (C=O) groups is 1. The predicted molar refractivity (Wildman–Crippen MR) is 89.8 cm³/mol. The molecule has 1 aliphatic heterocycles. The van der Waals surface area contributed by atoms with Gasteiger partial charge in [0.05, 0.1) is 29.8 Å². The fourth-order valence-electron chi connectivity index (χ4n) is 2.62. The fourth-order valence-corrected chi connectivity index (χ4v) is 3.26. The first-order valence-corrected chi connectivity index (χ1v) is 7.91. The lowest BCUT2D eigenvalue weighted by Gasteiger charge is -2.26. The van der Waals surface area contributed by atoms with Gasteiger partial charge in [-0.1, -0.05) is 41.4 Å². The van der Waals surface area contributed by atoms with E-state index in [0.717, 1.165) is 11.3 Å². The number of ether oxygens (including phenoxy) is 2. The Kier molecular flexibility index (Phi) is 4.64. The predicted octanol–water partition coefficient (Wildman–Crippen LogP) is 4.26. The van der Waals surface area contributed by atoms with E-state index in [1.807, 2.05) is 24.3 Å². The van der Waals surface area contributed by atoms with Gasteiger partial charge in [0.2, 0.25) is 0 Å². The SMILES string of the molecule is COc1c(Cl)cc(C(=O)N[C@H]2CCOc3ccccc32)cc1Cl. The molecule has 0 aromatic heterocycles. The van der Waals surface area contributed by atoms with Gasteiger partial charge >= 0.3 is 0 Å². The van der Waals surface area contributed by atoms with Crippen LogP contribution in [0.15, 0.2) is 36.4 Å². The zero-order valence-electron chi connectivity index (χ0n) is 12.4. The molecule has 120 valence electrons. The summed E-state index contributed by atoms with van der Waals surface area (Å²) in [5.74, 6) is 0.925. The van der Waals surface area contributed by atoms with Crippen molar-refractivity contribution in [3.05, 3.63) is 57.6 Å². The second kappa shape index (κ2) is 6.69. The van der Waals surface area contributed by atoms with Crippen LogP contribution in [0.1, 0.15) is 28.4 Å². The van der Waals surface area contributed by atoms with Gasteiger partial charge in [-0.2, -0.15) is 0 Å².